The topological polar surface area (TPSA) is 6.48 Å². The zero-order valence-electron chi connectivity index (χ0n) is 47.4. The Morgan fingerprint density at radius 1 is 0.222 bits per heavy atom. The predicted octanol–water partition coefficient (Wildman–Crippen LogP) is 19.9. The Kier molecular flexibility index (Phi) is 18.4. The fraction of sp³-hybridized carbons (Fsp3) is 0.943. The lowest BCUT2D eigenvalue weighted by Crippen LogP contribution is -2.64. The maximum atomic E-state index is 3.50. The van der Waals surface area contributed by atoms with Crippen LogP contribution in [0.4, 0.5) is 0 Å². The minimum absolute atomic E-state index is 0.876. The lowest BCUT2D eigenvalue weighted by molar-refractivity contribution is -0.140. The highest BCUT2D eigenvalue weighted by Crippen LogP contribution is 2.61. The Bertz CT molecular complexity index is 1510. The highest BCUT2D eigenvalue weighted by molar-refractivity contribution is 5.17. The van der Waals surface area contributed by atoms with Crippen molar-refractivity contribution >= 4 is 0 Å². The van der Waals surface area contributed by atoms with E-state index in [4.69, 9.17) is 0 Å². The molecular weight excluding hydrogens is 869 g/mol. The largest absolute Gasteiger partial charge is 0.294 e. The standard InChI is InChI=1S/C70H116N2/c1-7-23-53(24-8-1)65(54-25-9-2-10-26-54)47-51-39-43-59(44-40-51)71(57-31-15-5-16-32-57)69-49-67-62-36-20-22-38-64(62)70(50-68(67)61-35-19-21-37-63(61)69)72(58-33-17-6-18-34-58)60-45-41-52(42-46-60)48-66(55-27-11-3-12-28-55)56-29-13-4-14-30-56/h47-48,51-64,67-70H,1-46,49-50H2. The number of allylic oxidation sites excluding steroid dienone is 4. The molecule has 12 saturated carbocycles. The van der Waals surface area contributed by atoms with Gasteiger partial charge in [0.15, 0.2) is 0 Å². The van der Waals surface area contributed by atoms with Gasteiger partial charge in [-0.15, -0.1) is 0 Å². The highest BCUT2D eigenvalue weighted by Gasteiger charge is 2.57. The van der Waals surface area contributed by atoms with E-state index in [0.717, 1.165) is 107 Å². The first-order chi connectivity index (χ1) is 35.7. The molecule has 12 rings (SSSR count). The lowest BCUT2D eigenvalue weighted by atomic mass is 9.48. The van der Waals surface area contributed by atoms with E-state index in [9.17, 15) is 0 Å². The maximum absolute atomic E-state index is 3.50. The van der Waals surface area contributed by atoms with Crippen LogP contribution in [-0.4, -0.2) is 46.1 Å². The first-order valence-corrected chi connectivity index (χ1v) is 34.7. The molecule has 406 valence electrons. The third kappa shape index (κ3) is 11.9. The van der Waals surface area contributed by atoms with Gasteiger partial charge >= 0.3 is 0 Å². The summed E-state index contributed by atoms with van der Waals surface area (Å²) in [5.74, 6) is 11.6. The molecular formula is C70H116N2. The number of fused-ring (bicyclic) bond motifs is 5. The molecule has 0 spiro atoms. The van der Waals surface area contributed by atoms with Crippen molar-refractivity contribution < 1.29 is 0 Å². The minimum atomic E-state index is 0.876. The van der Waals surface area contributed by atoms with Crippen molar-refractivity contribution in [3.05, 3.63) is 23.3 Å². The molecule has 0 heterocycles. The second kappa shape index (κ2) is 25.5. The molecule has 2 heteroatoms. The van der Waals surface area contributed by atoms with E-state index >= 15 is 0 Å². The SMILES string of the molecule is C(=C(C1CCCCC1)C1CCCCC1)C1CCC(N(C2CCCCC2)C2CC3C(CC(N(C4CCCCC4)C4CCC(C=C(C5CCCCC5)C5CCCCC5)CC4)C4CCCCC34)C3CCCCC32)CC1. The van der Waals surface area contributed by atoms with Gasteiger partial charge in [0.1, 0.15) is 0 Å². The van der Waals surface area contributed by atoms with Crippen LogP contribution in [0.2, 0.25) is 0 Å². The number of rotatable bonds is 12. The van der Waals surface area contributed by atoms with Gasteiger partial charge in [-0.3, -0.25) is 9.80 Å². The van der Waals surface area contributed by atoms with Crippen LogP contribution < -0.4 is 0 Å². The molecule has 2 nitrogen and oxygen atoms in total. The van der Waals surface area contributed by atoms with Gasteiger partial charge in [-0.05, 0) is 238 Å². The van der Waals surface area contributed by atoms with Crippen molar-refractivity contribution in [3.63, 3.8) is 0 Å². The van der Waals surface area contributed by atoms with Crippen LogP contribution in [0.5, 0.6) is 0 Å². The summed E-state index contributed by atoms with van der Waals surface area (Å²) in [4.78, 5) is 7.00. The van der Waals surface area contributed by atoms with E-state index in [1.807, 2.05) is 11.1 Å². The minimum Gasteiger partial charge on any atom is -0.294 e. The zero-order chi connectivity index (χ0) is 48.1. The van der Waals surface area contributed by atoms with Gasteiger partial charge in [0, 0.05) is 36.3 Å². The van der Waals surface area contributed by atoms with E-state index in [-0.39, 0.29) is 0 Å². The number of hydrogen-bond donors (Lipinski definition) is 0. The Morgan fingerprint density at radius 3 is 0.778 bits per heavy atom. The summed E-state index contributed by atoms with van der Waals surface area (Å²) in [6, 6.07) is 5.35. The van der Waals surface area contributed by atoms with Gasteiger partial charge in [0.2, 0.25) is 0 Å². The van der Waals surface area contributed by atoms with Gasteiger partial charge in [0.05, 0.1) is 0 Å². The molecule has 8 unspecified atom stereocenters. The molecule has 0 radical (unpaired) electrons. The van der Waals surface area contributed by atoms with Crippen LogP contribution in [0.1, 0.15) is 308 Å². The van der Waals surface area contributed by atoms with E-state index < -0.39 is 0 Å². The summed E-state index contributed by atoms with van der Waals surface area (Å²) in [7, 11) is 0. The summed E-state index contributed by atoms with van der Waals surface area (Å²) in [6.07, 6.45) is 79.3. The molecule has 0 aliphatic heterocycles. The van der Waals surface area contributed by atoms with Crippen molar-refractivity contribution in [1.82, 2.24) is 9.80 Å². The third-order valence-corrected chi connectivity index (χ3v) is 25.7. The number of nitrogens with zero attached hydrogens (tertiary/aromatic N) is 2. The molecule has 8 atom stereocenters. The molecule has 0 saturated heterocycles. The smallest absolute Gasteiger partial charge is 0.0135 e. The first-order valence-electron chi connectivity index (χ1n) is 34.7. The Hall–Kier alpha value is -0.600. The molecule has 12 fully saturated rings. The summed E-state index contributed by atoms with van der Waals surface area (Å²) in [5, 5.41) is 0. The normalized spacial score (nSPS) is 40.0. The van der Waals surface area contributed by atoms with Crippen molar-refractivity contribution in [2.24, 2.45) is 71.0 Å². The molecule has 12 aliphatic rings. The quantitative estimate of drug-likeness (QED) is 0.180. The molecule has 0 aromatic carbocycles. The van der Waals surface area contributed by atoms with Gasteiger partial charge in [0.25, 0.3) is 0 Å². The molecule has 0 N–H and O–H groups in total. The van der Waals surface area contributed by atoms with Crippen LogP contribution in [0.15, 0.2) is 23.3 Å². The lowest BCUT2D eigenvalue weighted by Gasteiger charge is -2.63. The Labute approximate surface area is 446 Å². The van der Waals surface area contributed by atoms with Crippen LogP contribution in [0, 0.1) is 71.0 Å². The second-order valence-electron chi connectivity index (χ2n) is 29.4. The van der Waals surface area contributed by atoms with Gasteiger partial charge in [-0.2, -0.15) is 0 Å². The molecule has 0 amide bonds. The van der Waals surface area contributed by atoms with Crippen LogP contribution >= 0.6 is 0 Å². The summed E-state index contributed by atoms with van der Waals surface area (Å²) < 4.78 is 0. The van der Waals surface area contributed by atoms with Crippen LogP contribution in [-0.2, 0) is 0 Å². The average Bonchev–Trinajstić information content (AvgIpc) is 3.46. The van der Waals surface area contributed by atoms with Gasteiger partial charge in [-0.25, -0.2) is 0 Å². The zero-order valence-corrected chi connectivity index (χ0v) is 47.4. The van der Waals surface area contributed by atoms with Crippen molar-refractivity contribution in [1.29, 1.82) is 0 Å². The van der Waals surface area contributed by atoms with Gasteiger partial charge in [-0.1, -0.05) is 165 Å². The van der Waals surface area contributed by atoms with E-state index in [0.29, 0.717) is 0 Å². The molecule has 0 bridgehead atoms. The molecule has 0 aromatic rings. The van der Waals surface area contributed by atoms with Crippen molar-refractivity contribution in [2.45, 2.75) is 344 Å². The second-order valence-corrected chi connectivity index (χ2v) is 29.4. The Morgan fingerprint density at radius 2 is 0.472 bits per heavy atom. The fourth-order valence-corrected chi connectivity index (χ4v) is 22.4. The van der Waals surface area contributed by atoms with E-state index in [1.165, 1.54) is 244 Å². The summed E-state index contributed by atoms with van der Waals surface area (Å²) in [5.41, 5.74) is 4.03. The third-order valence-electron chi connectivity index (χ3n) is 25.7. The molecule has 12 aliphatic carbocycles. The van der Waals surface area contributed by atoms with Crippen LogP contribution in [0.25, 0.3) is 0 Å². The molecule has 0 aromatic heterocycles. The summed E-state index contributed by atoms with van der Waals surface area (Å²) in [6.45, 7) is 0. The van der Waals surface area contributed by atoms with Crippen molar-refractivity contribution in [3.8, 4) is 0 Å². The maximum Gasteiger partial charge on any atom is 0.0135 e. The summed E-state index contributed by atoms with van der Waals surface area (Å²) >= 11 is 0. The Balaban J connectivity index is 0.786. The van der Waals surface area contributed by atoms with Gasteiger partial charge < -0.3 is 0 Å². The number of hydrogen-bond acceptors (Lipinski definition) is 2. The van der Waals surface area contributed by atoms with E-state index in [1.54, 1.807) is 64.2 Å². The average molecular weight is 986 g/mol. The highest BCUT2D eigenvalue weighted by atomic mass is 15.2. The predicted molar refractivity (Wildman–Crippen MR) is 306 cm³/mol. The first kappa shape index (κ1) is 52.1. The molecule has 72 heavy (non-hydrogen) atoms. The monoisotopic (exact) mass is 985 g/mol. The van der Waals surface area contributed by atoms with E-state index in [2.05, 4.69) is 22.0 Å². The van der Waals surface area contributed by atoms with Crippen LogP contribution in [0.3, 0.4) is 0 Å². The fourth-order valence-electron chi connectivity index (χ4n) is 22.4. The van der Waals surface area contributed by atoms with Crippen molar-refractivity contribution in [2.75, 3.05) is 0 Å².